The molecule has 1 aliphatic heterocycles. The van der Waals surface area contributed by atoms with E-state index in [-0.39, 0.29) is 11.8 Å². The van der Waals surface area contributed by atoms with Crippen molar-refractivity contribution in [1.29, 1.82) is 0 Å². The fourth-order valence-electron chi connectivity index (χ4n) is 3.44. The number of aliphatic hydroxyl groups excluding tert-OH is 1. The van der Waals surface area contributed by atoms with E-state index in [1.165, 1.54) is 0 Å². The summed E-state index contributed by atoms with van der Waals surface area (Å²) in [6.45, 7) is 1.30. The van der Waals surface area contributed by atoms with Gasteiger partial charge >= 0.3 is 0 Å². The summed E-state index contributed by atoms with van der Waals surface area (Å²) in [5, 5.41) is 10.5. The smallest absolute Gasteiger partial charge is 0.255 e. The standard InChI is InChI=1S/C19H20N4O2/c24-18(16-3-1-2-8-20-16)14-6-10-22(11-7-14)19(25)15-4-5-17-21-9-12-23(17)13-15/h1-5,8-9,12-14,18,24H,6-7,10-11H2. The van der Waals surface area contributed by atoms with E-state index >= 15 is 0 Å². The average Bonchev–Trinajstić information content (AvgIpc) is 3.15. The molecule has 4 heterocycles. The van der Waals surface area contributed by atoms with Gasteiger partial charge in [-0.25, -0.2) is 4.98 Å². The van der Waals surface area contributed by atoms with Crippen molar-refractivity contribution in [2.45, 2.75) is 18.9 Å². The fraction of sp³-hybridized carbons (Fsp3) is 0.316. The van der Waals surface area contributed by atoms with Crippen LogP contribution < -0.4 is 0 Å². The number of imidazole rings is 1. The zero-order valence-electron chi connectivity index (χ0n) is 13.8. The molecule has 0 aromatic carbocycles. The molecule has 1 aliphatic rings. The Labute approximate surface area is 145 Å². The van der Waals surface area contributed by atoms with Crippen LogP contribution in [0.1, 0.15) is 35.0 Å². The van der Waals surface area contributed by atoms with Crippen molar-refractivity contribution < 1.29 is 9.90 Å². The van der Waals surface area contributed by atoms with Crippen LogP contribution in [0, 0.1) is 5.92 Å². The highest BCUT2D eigenvalue weighted by Gasteiger charge is 2.29. The molecule has 0 saturated carbocycles. The highest BCUT2D eigenvalue weighted by Crippen LogP contribution is 2.30. The number of carbonyl (C=O) groups is 1. The number of hydrogen-bond donors (Lipinski definition) is 1. The minimum Gasteiger partial charge on any atom is -0.387 e. The van der Waals surface area contributed by atoms with Gasteiger partial charge < -0.3 is 14.4 Å². The Morgan fingerprint density at radius 1 is 1.12 bits per heavy atom. The lowest BCUT2D eigenvalue weighted by Gasteiger charge is -2.34. The van der Waals surface area contributed by atoms with Gasteiger partial charge in [-0.05, 0) is 43.0 Å². The van der Waals surface area contributed by atoms with Gasteiger partial charge in [0.1, 0.15) is 5.65 Å². The van der Waals surface area contributed by atoms with Crippen LogP contribution in [0.4, 0.5) is 0 Å². The van der Waals surface area contributed by atoms with E-state index in [9.17, 15) is 9.90 Å². The summed E-state index contributed by atoms with van der Waals surface area (Å²) in [6.07, 6.45) is 8.05. The molecule has 25 heavy (non-hydrogen) atoms. The van der Waals surface area contributed by atoms with E-state index in [0.29, 0.717) is 24.3 Å². The van der Waals surface area contributed by atoms with Gasteiger partial charge in [0.25, 0.3) is 5.91 Å². The lowest BCUT2D eigenvalue weighted by molar-refractivity contribution is 0.0447. The molecule has 6 heteroatoms. The molecular weight excluding hydrogens is 316 g/mol. The third kappa shape index (κ3) is 3.13. The molecule has 0 spiro atoms. The third-order valence-corrected chi connectivity index (χ3v) is 4.90. The predicted molar refractivity (Wildman–Crippen MR) is 93.0 cm³/mol. The van der Waals surface area contributed by atoms with E-state index in [4.69, 9.17) is 0 Å². The Hall–Kier alpha value is -2.73. The quantitative estimate of drug-likeness (QED) is 0.797. The van der Waals surface area contributed by atoms with E-state index in [2.05, 4.69) is 9.97 Å². The molecule has 1 unspecified atom stereocenters. The number of piperidine rings is 1. The van der Waals surface area contributed by atoms with Crippen LogP contribution in [-0.2, 0) is 0 Å². The molecule has 0 aliphatic carbocycles. The molecule has 1 atom stereocenters. The summed E-state index contributed by atoms with van der Waals surface area (Å²) < 4.78 is 1.85. The van der Waals surface area contributed by atoms with Gasteiger partial charge in [-0.3, -0.25) is 9.78 Å². The van der Waals surface area contributed by atoms with Crippen LogP contribution in [0.3, 0.4) is 0 Å². The second kappa shape index (κ2) is 6.64. The summed E-state index contributed by atoms with van der Waals surface area (Å²) in [7, 11) is 0. The predicted octanol–water partition coefficient (Wildman–Crippen LogP) is 2.32. The van der Waals surface area contributed by atoms with E-state index < -0.39 is 6.10 Å². The number of rotatable bonds is 3. The summed E-state index contributed by atoms with van der Waals surface area (Å²) in [4.78, 5) is 23.0. The van der Waals surface area contributed by atoms with Crippen LogP contribution in [0.2, 0.25) is 0 Å². The lowest BCUT2D eigenvalue weighted by Crippen LogP contribution is -2.40. The van der Waals surface area contributed by atoms with Crippen LogP contribution >= 0.6 is 0 Å². The monoisotopic (exact) mass is 336 g/mol. The van der Waals surface area contributed by atoms with E-state index in [1.807, 2.05) is 52.0 Å². The van der Waals surface area contributed by atoms with Crippen LogP contribution in [0.15, 0.2) is 55.1 Å². The molecular formula is C19H20N4O2. The van der Waals surface area contributed by atoms with Crippen molar-refractivity contribution >= 4 is 11.6 Å². The molecule has 1 amide bonds. The number of carbonyl (C=O) groups excluding carboxylic acids is 1. The number of amides is 1. The minimum atomic E-state index is -0.569. The van der Waals surface area contributed by atoms with Gasteiger partial charge in [0.15, 0.2) is 0 Å². The third-order valence-electron chi connectivity index (χ3n) is 4.90. The summed E-state index contributed by atoms with van der Waals surface area (Å²) >= 11 is 0. The Kier molecular flexibility index (Phi) is 4.19. The van der Waals surface area contributed by atoms with Gasteiger partial charge in [-0.2, -0.15) is 0 Å². The maximum Gasteiger partial charge on any atom is 0.255 e. The Morgan fingerprint density at radius 2 is 1.96 bits per heavy atom. The van der Waals surface area contributed by atoms with E-state index in [0.717, 1.165) is 18.5 Å². The first-order valence-corrected chi connectivity index (χ1v) is 8.53. The first-order chi connectivity index (χ1) is 12.2. The van der Waals surface area contributed by atoms with Crippen molar-refractivity contribution in [3.8, 4) is 0 Å². The number of hydrogen-bond acceptors (Lipinski definition) is 4. The van der Waals surface area contributed by atoms with Gasteiger partial charge in [0.05, 0.1) is 17.4 Å². The number of aromatic nitrogens is 3. The van der Waals surface area contributed by atoms with Gasteiger partial charge in [-0.1, -0.05) is 6.07 Å². The molecule has 1 fully saturated rings. The van der Waals surface area contributed by atoms with Crippen LogP contribution in [-0.4, -0.2) is 43.4 Å². The normalized spacial score (nSPS) is 16.9. The maximum atomic E-state index is 12.7. The van der Waals surface area contributed by atoms with Gasteiger partial charge in [-0.15, -0.1) is 0 Å². The first kappa shape index (κ1) is 15.8. The number of aliphatic hydroxyl groups is 1. The molecule has 4 rings (SSSR count). The zero-order chi connectivity index (χ0) is 17.2. The van der Waals surface area contributed by atoms with Crippen molar-refractivity contribution in [3.63, 3.8) is 0 Å². The molecule has 3 aromatic heterocycles. The zero-order valence-corrected chi connectivity index (χ0v) is 13.8. The second-order valence-electron chi connectivity index (χ2n) is 6.44. The van der Waals surface area contributed by atoms with Crippen molar-refractivity contribution in [1.82, 2.24) is 19.3 Å². The average molecular weight is 336 g/mol. The summed E-state index contributed by atoms with van der Waals surface area (Å²) in [5.41, 5.74) is 2.20. The number of likely N-dealkylation sites (tertiary alicyclic amines) is 1. The minimum absolute atomic E-state index is 0.0291. The van der Waals surface area contributed by atoms with E-state index in [1.54, 1.807) is 12.4 Å². The second-order valence-corrected chi connectivity index (χ2v) is 6.44. The fourth-order valence-corrected chi connectivity index (χ4v) is 3.44. The molecule has 3 aromatic rings. The van der Waals surface area contributed by atoms with Crippen LogP contribution in [0.25, 0.3) is 5.65 Å². The highest BCUT2D eigenvalue weighted by atomic mass is 16.3. The SMILES string of the molecule is O=C(c1ccc2nccn2c1)N1CCC(C(O)c2ccccn2)CC1. The highest BCUT2D eigenvalue weighted by molar-refractivity contribution is 5.94. The molecule has 1 saturated heterocycles. The van der Waals surface area contributed by atoms with Gasteiger partial charge in [0, 0.05) is 37.9 Å². The molecule has 0 radical (unpaired) electrons. The molecule has 128 valence electrons. The molecule has 1 N–H and O–H groups in total. The summed E-state index contributed by atoms with van der Waals surface area (Å²) in [5.74, 6) is 0.163. The topological polar surface area (TPSA) is 70.7 Å². The van der Waals surface area contributed by atoms with Crippen LogP contribution in [0.5, 0.6) is 0 Å². The maximum absolute atomic E-state index is 12.7. The largest absolute Gasteiger partial charge is 0.387 e. The number of pyridine rings is 2. The Bertz CT molecular complexity index is 869. The molecule has 0 bridgehead atoms. The Balaban J connectivity index is 1.42. The van der Waals surface area contributed by atoms with Crippen molar-refractivity contribution in [2.24, 2.45) is 5.92 Å². The Morgan fingerprint density at radius 3 is 2.72 bits per heavy atom. The number of fused-ring (bicyclic) bond motifs is 1. The first-order valence-electron chi connectivity index (χ1n) is 8.53. The van der Waals surface area contributed by atoms with Crippen molar-refractivity contribution in [2.75, 3.05) is 13.1 Å². The van der Waals surface area contributed by atoms with Crippen molar-refractivity contribution in [3.05, 3.63) is 66.4 Å². The van der Waals surface area contributed by atoms with Gasteiger partial charge in [0.2, 0.25) is 0 Å². The lowest BCUT2D eigenvalue weighted by atomic mass is 9.89. The number of nitrogens with zero attached hydrogens (tertiary/aromatic N) is 4. The summed E-state index contributed by atoms with van der Waals surface area (Å²) in [6, 6.07) is 9.25. The molecule has 6 nitrogen and oxygen atoms in total.